The molecule has 1 unspecified atom stereocenters. The average molecular weight is 499 g/mol. The van der Waals surface area contributed by atoms with Crippen LogP contribution >= 0.6 is 0 Å². The van der Waals surface area contributed by atoms with Crippen molar-refractivity contribution in [3.05, 3.63) is 58.2 Å². The molecule has 2 aliphatic heterocycles. The van der Waals surface area contributed by atoms with Gasteiger partial charge in [-0.05, 0) is 50.8 Å². The molecule has 2 fully saturated rings. The molecule has 8 nitrogen and oxygen atoms in total. The number of amides is 1. The summed E-state index contributed by atoms with van der Waals surface area (Å²) in [4.78, 5) is 27.7. The molecule has 1 atom stereocenters. The highest BCUT2D eigenvalue weighted by atomic mass is 16.5. The number of piperazine rings is 1. The zero-order valence-electron chi connectivity index (χ0n) is 21.7. The first-order valence-electron chi connectivity index (χ1n) is 13.6. The van der Waals surface area contributed by atoms with Gasteiger partial charge in [0.1, 0.15) is 23.2 Å². The van der Waals surface area contributed by atoms with Gasteiger partial charge < -0.3 is 14.5 Å². The van der Waals surface area contributed by atoms with Crippen molar-refractivity contribution in [2.24, 2.45) is 0 Å². The topological polar surface area (TPSA) is 86.8 Å². The van der Waals surface area contributed by atoms with E-state index in [1.165, 1.54) is 19.3 Å². The molecule has 0 radical (unpaired) electrons. The smallest absolute Gasteiger partial charge is 0.273 e. The number of carbonyl (C=O) groups excluding carboxylic acids is 1. The summed E-state index contributed by atoms with van der Waals surface area (Å²) in [5.41, 5.74) is 6.28. The van der Waals surface area contributed by atoms with E-state index in [9.17, 15) is 10.1 Å². The molecule has 1 saturated heterocycles. The number of fused-ring (bicyclic) bond motifs is 2. The van der Waals surface area contributed by atoms with Crippen molar-refractivity contribution in [2.75, 3.05) is 31.1 Å². The molecule has 0 spiro atoms. The molecule has 3 aromatic rings. The minimum atomic E-state index is -0.0271. The number of pyridine rings is 2. The summed E-state index contributed by atoms with van der Waals surface area (Å²) in [5.74, 6) is 1.24. The normalized spacial score (nSPS) is 20.6. The number of nitrogens with zero attached hydrogens (tertiary/aromatic N) is 6. The summed E-state index contributed by atoms with van der Waals surface area (Å²) < 4.78 is 7.71. The standard InChI is InChI=1S/C29H34N6O2/c1-19-17-33(13-14-34(19)29(36)27-20(2)31-25-10-6-7-12-35(25)27)28-23(16-30)22-11-15-37-18-24(22)26(32-28)21-8-4-3-5-9-21/h6-7,10,12,19,21H,3-5,8-9,11,13-15,17-18H2,1-2H3. The Labute approximate surface area is 217 Å². The highest BCUT2D eigenvalue weighted by molar-refractivity contribution is 5.95. The van der Waals surface area contributed by atoms with E-state index >= 15 is 0 Å². The Kier molecular flexibility index (Phi) is 6.33. The lowest BCUT2D eigenvalue weighted by atomic mass is 9.82. The quantitative estimate of drug-likeness (QED) is 0.533. The van der Waals surface area contributed by atoms with Gasteiger partial charge in [-0.15, -0.1) is 0 Å². The van der Waals surface area contributed by atoms with Gasteiger partial charge in [-0.1, -0.05) is 25.3 Å². The Morgan fingerprint density at radius 2 is 1.97 bits per heavy atom. The van der Waals surface area contributed by atoms with Crippen LogP contribution in [0.25, 0.3) is 5.65 Å². The van der Waals surface area contributed by atoms with E-state index < -0.39 is 0 Å². The van der Waals surface area contributed by atoms with Gasteiger partial charge in [0.05, 0.1) is 30.2 Å². The lowest BCUT2D eigenvalue weighted by molar-refractivity contribution is 0.0665. The fourth-order valence-electron chi connectivity index (χ4n) is 6.48. The molecule has 3 aromatic heterocycles. The molecule has 0 N–H and O–H groups in total. The largest absolute Gasteiger partial charge is 0.376 e. The number of rotatable bonds is 3. The fourth-order valence-corrected chi connectivity index (χ4v) is 6.48. The first-order valence-corrected chi connectivity index (χ1v) is 13.6. The van der Waals surface area contributed by atoms with Crippen molar-refractivity contribution >= 4 is 17.4 Å². The van der Waals surface area contributed by atoms with Crippen LogP contribution in [-0.2, 0) is 17.8 Å². The first-order chi connectivity index (χ1) is 18.1. The summed E-state index contributed by atoms with van der Waals surface area (Å²) >= 11 is 0. The predicted molar refractivity (Wildman–Crippen MR) is 141 cm³/mol. The van der Waals surface area contributed by atoms with E-state index in [0.717, 1.165) is 53.2 Å². The van der Waals surface area contributed by atoms with Crippen LogP contribution in [0.4, 0.5) is 5.82 Å². The van der Waals surface area contributed by atoms with Crippen molar-refractivity contribution in [1.82, 2.24) is 19.3 Å². The molecule has 1 amide bonds. The van der Waals surface area contributed by atoms with Crippen LogP contribution in [0.15, 0.2) is 24.4 Å². The van der Waals surface area contributed by atoms with Crippen molar-refractivity contribution in [2.45, 2.75) is 70.9 Å². The van der Waals surface area contributed by atoms with Crippen LogP contribution in [0.3, 0.4) is 0 Å². The minimum Gasteiger partial charge on any atom is -0.376 e. The van der Waals surface area contributed by atoms with Crippen LogP contribution in [0.2, 0.25) is 0 Å². The maximum atomic E-state index is 13.7. The molecule has 0 bridgehead atoms. The lowest BCUT2D eigenvalue weighted by Crippen LogP contribution is -2.54. The van der Waals surface area contributed by atoms with Crippen molar-refractivity contribution in [1.29, 1.82) is 5.26 Å². The van der Waals surface area contributed by atoms with E-state index in [1.54, 1.807) is 0 Å². The lowest BCUT2D eigenvalue weighted by Gasteiger charge is -2.41. The maximum absolute atomic E-state index is 13.7. The molecule has 8 heteroatoms. The van der Waals surface area contributed by atoms with Crippen LogP contribution in [0.5, 0.6) is 0 Å². The Bertz CT molecular complexity index is 1380. The third kappa shape index (κ3) is 4.15. The fraction of sp³-hybridized carbons (Fsp3) is 0.517. The molecule has 6 rings (SSSR count). The summed E-state index contributed by atoms with van der Waals surface area (Å²) in [6.07, 6.45) is 8.73. The van der Waals surface area contributed by atoms with Gasteiger partial charge >= 0.3 is 0 Å². The Balaban J connectivity index is 1.31. The molecule has 3 aliphatic rings. The second kappa shape index (κ2) is 9.79. The summed E-state index contributed by atoms with van der Waals surface area (Å²) in [5, 5.41) is 10.2. The number of hydrogen-bond acceptors (Lipinski definition) is 6. The van der Waals surface area contributed by atoms with Crippen LogP contribution in [-0.4, -0.2) is 57.5 Å². The third-order valence-electron chi connectivity index (χ3n) is 8.37. The highest BCUT2D eigenvalue weighted by Crippen LogP contribution is 2.39. The maximum Gasteiger partial charge on any atom is 0.273 e. The van der Waals surface area contributed by atoms with Crippen molar-refractivity contribution in [3.8, 4) is 6.07 Å². The average Bonchev–Trinajstić information content (AvgIpc) is 3.27. The van der Waals surface area contributed by atoms with Gasteiger partial charge in [0.15, 0.2) is 0 Å². The SMILES string of the molecule is Cc1nc2ccccn2c1C(=O)N1CCN(c2nc(C3CCCCC3)c3c(c2C#N)CCOC3)CC1C. The van der Waals surface area contributed by atoms with Gasteiger partial charge in [0.2, 0.25) is 0 Å². The van der Waals surface area contributed by atoms with Crippen molar-refractivity contribution < 1.29 is 9.53 Å². The first kappa shape index (κ1) is 23.9. The summed E-state index contributed by atoms with van der Waals surface area (Å²) in [6, 6.07) is 8.25. The number of ether oxygens (including phenoxy) is 1. The molecule has 1 saturated carbocycles. The number of aromatic nitrogens is 3. The van der Waals surface area contributed by atoms with E-state index in [-0.39, 0.29) is 11.9 Å². The second-order valence-corrected chi connectivity index (χ2v) is 10.7. The van der Waals surface area contributed by atoms with E-state index in [1.807, 2.05) is 40.6 Å². The number of imidazole rings is 1. The summed E-state index contributed by atoms with van der Waals surface area (Å²) in [6.45, 7) is 7.05. The molecular weight excluding hydrogens is 464 g/mol. The monoisotopic (exact) mass is 498 g/mol. The molecule has 192 valence electrons. The van der Waals surface area contributed by atoms with Crippen LogP contribution in [0, 0.1) is 18.3 Å². The Hall–Kier alpha value is -3.44. The Morgan fingerprint density at radius 1 is 1.14 bits per heavy atom. The zero-order chi connectivity index (χ0) is 25.5. The van der Waals surface area contributed by atoms with E-state index in [0.29, 0.717) is 50.0 Å². The second-order valence-electron chi connectivity index (χ2n) is 10.7. The highest BCUT2D eigenvalue weighted by Gasteiger charge is 2.34. The number of anilines is 1. The zero-order valence-corrected chi connectivity index (χ0v) is 21.7. The molecule has 0 aromatic carbocycles. The number of nitriles is 1. The van der Waals surface area contributed by atoms with Gasteiger partial charge in [-0.25, -0.2) is 9.97 Å². The Morgan fingerprint density at radius 3 is 2.76 bits per heavy atom. The van der Waals surface area contributed by atoms with Crippen LogP contribution < -0.4 is 4.90 Å². The van der Waals surface area contributed by atoms with Crippen LogP contribution in [0.1, 0.15) is 83.5 Å². The third-order valence-corrected chi connectivity index (χ3v) is 8.37. The van der Waals surface area contributed by atoms with E-state index in [4.69, 9.17) is 9.72 Å². The van der Waals surface area contributed by atoms with Gasteiger partial charge in [-0.3, -0.25) is 9.20 Å². The van der Waals surface area contributed by atoms with E-state index in [2.05, 4.69) is 22.9 Å². The molecule has 1 aliphatic carbocycles. The van der Waals surface area contributed by atoms with Gasteiger partial charge in [-0.2, -0.15) is 5.26 Å². The molecule has 37 heavy (non-hydrogen) atoms. The number of aryl methyl sites for hydroxylation is 1. The van der Waals surface area contributed by atoms with Crippen molar-refractivity contribution in [3.63, 3.8) is 0 Å². The molecule has 5 heterocycles. The van der Waals surface area contributed by atoms with Gasteiger partial charge in [0.25, 0.3) is 5.91 Å². The minimum absolute atomic E-state index is 0.00213. The van der Waals surface area contributed by atoms with Gasteiger partial charge in [0, 0.05) is 43.4 Å². The number of carbonyl (C=O) groups is 1. The summed E-state index contributed by atoms with van der Waals surface area (Å²) in [7, 11) is 0. The number of hydrogen-bond donors (Lipinski definition) is 0. The molecular formula is C29H34N6O2. The predicted octanol–water partition coefficient (Wildman–Crippen LogP) is 4.38.